The highest BCUT2D eigenvalue weighted by molar-refractivity contribution is 5.83. The van der Waals surface area contributed by atoms with Gasteiger partial charge >= 0.3 is 5.97 Å². The van der Waals surface area contributed by atoms with Gasteiger partial charge in [0, 0.05) is 6.54 Å². The molecule has 1 amide bonds. The molecule has 2 aromatic rings. The van der Waals surface area contributed by atoms with Gasteiger partial charge in [-0.15, -0.1) is 0 Å². The lowest BCUT2D eigenvalue weighted by Crippen LogP contribution is -2.35. The molecule has 1 unspecified atom stereocenters. The minimum absolute atomic E-state index is 0.0478. The molecular weight excluding hydrogens is 337 g/mol. The molecule has 2 rings (SSSR count). The van der Waals surface area contributed by atoms with Crippen molar-refractivity contribution in [3.63, 3.8) is 0 Å². The number of hydrogen-bond acceptors (Lipinski definition) is 4. The van der Waals surface area contributed by atoms with E-state index in [1.165, 1.54) is 19.1 Å². The van der Waals surface area contributed by atoms with Gasteiger partial charge in [0.1, 0.15) is 11.6 Å². The van der Waals surface area contributed by atoms with Gasteiger partial charge in [-0.3, -0.25) is 9.59 Å². The van der Waals surface area contributed by atoms with E-state index >= 15 is 0 Å². The van der Waals surface area contributed by atoms with Crippen molar-refractivity contribution in [1.82, 2.24) is 5.32 Å². The van der Waals surface area contributed by atoms with Gasteiger partial charge in [-0.05, 0) is 48.7 Å². The van der Waals surface area contributed by atoms with Crippen LogP contribution in [0.3, 0.4) is 0 Å². The zero-order chi connectivity index (χ0) is 19.1. The maximum absolute atomic E-state index is 12.9. The molecule has 0 spiro atoms. The Morgan fingerprint density at radius 3 is 2.42 bits per heavy atom. The minimum atomic E-state index is -0.921. The van der Waals surface area contributed by atoms with Gasteiger partial charge in [0.05, 0.1) is 13.5 Å². The monoisotopic (exact) mass is 359 g/mol. The van der Waals surface area contributed by atoms with Crippen molar-refractivity contribution in [2.75, 3.05) is 7.11 Å². The Morgan fingerprint density at radius 2 is 1.77 bits per heavy atom. The number of rotatable bonds is 7. The molecule has 0 bridgehead atoms. The SMILES string of the molecule is COc1cc(CC(=O)OC(C)C(=O)NCc2ccc(F)cc2)ccc1C. The summed E-state index contributed by atoms with van der Waals surface area (Å²) in [5.74, 6) is -0.556. The van der Waals surface area contributed by atoms with Gasteiger partial charge in [-0.2, -0.15) is 0 Å². The average Bonchev–Trinajstić information content (AvgIpc) is 2.62. The van der Waals surface area contributed by atoms with Crippen LogP contribution in [0.5, 0.6) is 5.75 Å². The molecule has 2 aromatic carbocycles. The van der Waals surface area contributed by atoms with Crippen molar-refractivity contribution in [3.8, 4) is 5.75 Å². The number of aryl methyl sites for hydroxylation is 1. The second kappa shape index (κ2) is 8.99. The van der Waals surface area contributed by atoms with E-state index in [2.05, 4.69) is 5.32 Å². The molecule has 0 saturated heterocycles. The Balaban J connectivity index is 1.83. The molecule has 1 atom stereocenters. The van der Waals surface area contributed by atoms with Gasteiger partial charge in [0.25, 0.3) is 5.91 Å². The van der Waals surface area contributed by atoms with Crippen LogP contribution in [0, 0.1) is 12.7 Å². The molecule has 0 fully saturated rings. The second-order valence-electron chi connectivity index (χ2n) is 5.96. The van der Waals surface area contributed by atoms with Crippen LogP contribution in [-0.4, -0.2) is 25.1 Å². The van der Waals surface area contributed by atoms with E-state index in [1.54, 1.807) is 25.3 Å². The maximum Gasteiger partial charge on any atom is 0.311 e. The highest BCUT2D eigenvalue weighted by Crippen LogP contribution is 2.19. The lowest BCUT2D eigenvalue weighted by atomic mass is 10.1. The van der Waals surface area contributed by atoms with E-state index in [0.29, 0.717) is 5.75 Å². The minimum Gasteiger partial charge on any atom is -0.496 e. The Morgan fingerprint density at radius 1 is 1.12 bits per heavy atom. The average molecular weight is 359 g/mol. The van der Waals surface area contributed by atoms with Crippen LogP contribution in [0.25, 0.3) is 0 Å². The number of esters is 1. The normalized spacial score (nSPS) is 11.5. The fourth-order valence-electron chi connectivity index (χ4n) is 2.37. The van der Waals surface area contributed by atoms with E-state index in [4.69, 9.17) is 9.47 Å². The highest BCUT2D eigenvalue weighted by atomic mass is 19.1. The molecule has 1 N–H and O–H groups in total. The molecule has 26 heavy (non-hydrogen) atoms. The summed E-state index contributed by atoms with van der Waals surface area (Å²) in [6.45, 7) is 3.65. The van der Waals surface area contributed by atoms with E-state index in [9.17, 15) is 14.0 Å². The van der Waals surface area contributed by atoms with Crippen LogP contribution in [0.15, 0.2) is 42.5 Å². The van der Waals surface area contributed by atoms with Crippen molar-refractivity contribution in [3.05, 3.63) is 65.0 Å². The maximum atomic E-state index is 12.9. The van der Waals surface area contributed by atoms with Crippen LogP contribution in [0.4, 0.5) is 4.39 Å². The number of amides is 1. The van der Waals surface area contributed by atoms with Crippen LogP contribution < -0.4 is 10.1 Å². The molecule has 5 nitrogen and oxygen atoms in total. The van der Waals surface area contributed by atoms with E-state index < -0.39 is 18.0 Å². The summed E-state index contributed by atoms with van der Waals surface area (Å²) in [6, 6.07) is 11.3. The van der Waals surface area contributed by atoms with Gasteiger partial charge in [0.2, 0.25) is 0 Å². The van der Waals surface area contributed by atoms with Crippen molar-refractivity contribution in [1.29, 1.82) is 0 Å². The first kappa shape index (κ1) is 19.4. The number of carbonyl (C=O) groups is 2. The van der Waals surface area contributed by atoms with E-state index in [0.717, 1.165) is 16.7 Å². The summed E-state index contributed by atoms with van der Waals surface area (Å²) in [4.78, 5) is 24.1. The van der Waals surface area contributed by atoms with E-state index in [1.807, 2.05) is 19.1 Å². The lowest BCUT2D eigenvalue weighted by Gasteiger charge is -2.14. The van der Waals surface area contributed by atoms with Crippen LogP contribution in [-0.2, 0) is 27.3 Å². The Labute approximate surface area is 152 Å². The molecule has 138 valence electrons. The van der Waals surface area contributed by atoms with Crippen LogP contribution in [0.2, 0.25) is 0 Å². The molecule has 0 saturated carbocycles. The van der Waals surface area contributed by atoms with Gasteiger partial charge in [-0.1, -0.05) is 24.3 Å². The smallest absolute Gasteiger partial charge is 0.311 e. The molecule has 6 heteroatoms. The fraction of sp³-hybridized carbons (Fsp3) is 0.300. The van der Waals surface area contributed by atoms with Gasteiger partial charge in [0.15, 0.2) is 6.10 Å². The predicted octanol–water partition coefficient (Wildman–Crippen LogP) is 2.93. The van der Waals surface area contributed by atoms with Gasteiger partial charge < -0.3 is 14.8 Å². The fourth-order valence-corrected chi connectivity index (χ4v) is 2.37. The molecule has 0 heterocycles. The van der Waals surface area contributed by atoms with Crippen molar-refractivity contribution in [2.45, 2.75) is 32.9 Å². The summed E-state index contributed by atoms with van der Waals surface area (Å²) in [6.07, 6.45) is -0.873. The Hall–Kier alpha value is -2.89. The number of benzene rings is 2. The van der Waals surface area contributed by atoms with Crippen LogP contribution in [0.1, 0.15) is 23.6 Å². The third-order valence-corrected chi connectivity index (χ3v) is 3.88. The first-order chi connectivity index (χ1) is 12.4. The second-order valence-corrected chi connectivity index (χ2v) is 5.96. The summed E-state index contributed by atoms with van der Waals surface area (Å²) in [7, 11) is 1.57. The number of halogens is 1. The molecule has 0 radical (unpaired) electrons. The summed E-state index contributed by atoms with van der Waals surface area (Å²) < 4.78 is 23.3. The zero-order valence-electron chi connectivity index (χ0n) is 15.0. The van der Waals surface area contributed by atoms with Crippen molar-refractivity contribution < 1.29 is 23.5 Å². The number of ether oxygens (including phenoxy) is 2. The lowest BCUT2D eigenvalue weighted by molar-refractivity contribution is -0.154. The zero-order valence-corrected chi connectivity index (χ0v) is 15.0. The third kappa shape index (κ3) is 5.58. The molecule has 0 aliphatic heterocycles. The Kier molecular flexibility index (Phi) is 6.72. The first-order valence-electron chi connectivity index (χ1n) is 8.24. The third-order valence-electron chi connectivity index (χ3n) is 3.88. The molecule has 0 aliphatic rings. The highest BCUT2D eigenvalue weighted by Gasteiger charge is 2.18. The topological polar surface area (TPSA) is 64.6 Å². The number of carbonyl (C=O) groups excluding carboxylic acids is 2. The quantitative estimate of drug-likeness (QED) is 0.772. The molecule has 0 aliphatic carbocycles. The van der Waals surface area contributed by atoms with Crippen LogP contribution >= 0.6 is 0 Å². The summed E-state index contributed by atoms with van der Waals surface area (Å²) in [5.41, 5.74) is 2.47. The van der Waals surface area contributed by atoms with Crippen molar-refractivity contribution in [2.24, 2.45) is 0 Å². The standard InChI is InChI=1S/C20H22FNO4/c1-13-4-5-16(10-18(13)25-3)11-19(23)26-14(2)20(24)22-12-15-6-8-17(21)9-7-15/h4-10,14H,11-12H2,1-3H3,(H,22,24). The largest absolute Gasteiger partial charge is 0.496 e. The number of nitrogens with one attached hydrogen (secondary N) is 1. The first-order valence-corrected chi connectivity index (χ1v) is 8.24. The number of methoxy groups -OCH3 is 1. The number of hydrogen-bond donors (Lipinski definition) is 1. The van der Waals surface area contributed by atoms with E-state index in [-0.39, 0.29) is 18.8 Å². The van der Waals surface area contributed by atoms with Gasteiger partial charge in [-0.25, -0.2) is 4.39 Å². The summed E-state index contributed by atoms with van der Waals surface area (Å²) >= 11 is 0. The molecular formula is C20H22FNO4. The van der Waals surface area contributed by atoms with Crippen molar-refractivity contribution >= 4 is 11.9 Å². The summed E-state index contributed by atoms with van der Waals surface area (Å²) in [5, 5.41) is 2.65. The molecule has 0 aromatic heterocycles. The predicted molar refractivity (Wildman–Crippen MR) is 95.2 cm³/mol. The Bertz CT molecular complexity index is 774.